The molecule has 0 aliphatic carbocycles. The molecule has 1 aromatic heterocycles. The van der Waals surface area contributed by atoms with E-state index in [0.717, 1.165) is 36.7 Å². The maximum absolute atomic E-state index is 4.68. The zero-order chi connectivity index (χ0) is 13.7. The lowest BCUT2D eigenvalue weighted by molar-refractivity contribution is 0.156. The molecule has 0 amide bonds. The minimum Gasteiger partial charge on any atom is -0.314 e. The number of hydrogen-bond donors (Lipinski definition) is 1. The quantitative estimate of drug-likeness (QED) is 0.757. The lowest BCUT2D eigenvalue weighted by Crippen LogP contribution is -2.45. The van der Waals surface area contributed by atoms with E-state index in [0.29, 0.717) is 6.04 Å². The fraction of sp³-hybridized carbons (Fsp3) is 0.667. The topological polar surface area (TPSA) is 28.2 Å². The number of pyridine rings is 1. The predicted molar refractivity (Wildman–Crippen MR) is 97.7 cm³/mol. The first-order chi connectivity index (χ1) is 9.16. The summed E-state index contributed by atoms with van der Waals surface area (Å²) in [6, 6.07) is 6.72. The van der Waals surface area contributed by atoms with Gasteiger partial charge in [0.2, 0.25) is 0 Å². The number of hydrogen-bond acceptors (Lipinski definition) is 3. The average molecular weight is 399 g/mol. The number of nitrogens with zero attached hydrogens (tertiary/aromatic N) is 2. The van der Waals surface area contributed by atoms with Gasteiger partial charge in [-0.25, -0.2) is 4.98 Å². The second-order valence-electron chi connectivity index (χ2n) is 5.66. The van der Waals surface area contributed by atoms with Crippen LogP contribution in [0, 0.1) is 5.92 Å². The molecule has 1 aromatic rings. The number of nitrogens with one attached hydrogen (secondary N) is 1. The van der Waals surface area contributed by atoms with Crippen LogP contribution >= 0.6 is 40.7 Å². The Bertz CT molecular complexity index is 398. The summed E-state index contributed by atoms with van der Waals surface area (Å²) < 4.78 is 0.940. The summed E-state index contributed by atoms with van der Waals surface area (Å²) in [5.74, 6) is 0.748. The summed E-state index contributed by atoms with van der Waals surface area (Å²) in [5, 5.41) is 3.43. The van der Waals surface area contributed by atoms with E-state index in [1.807, 2.05) is 6.07 Å². The van der Waals surface area contributed by atoms with Crippen molar-refractivity contribution >= 4 is 40.7 Å². The molecule has 0 saturated carbocycles. The number of halogens is 3. The van der Waals surface area contributed by atoms with Gasteiger partial charge in [0.05, 0.1) is 11.7 Å². The molecule has 1 N–H and O–H groups in total. The molecule has 1 saturated heterocycles. The van der Waals surface area contributed by atoms with Gasteiger partial charge in [0.25, 0.3) is 0 Å². The van der Waals surface area contributed by atoms with Gasteiger partial charge in [0, 0.05) is 26.2 Å². The van der Waals surface area contributed by atoms with Crippen LogP contribution < -0.4 is 5.32 Å². The third-order valence-electron chi connectivity index (χ3n) is 3.69. The van der Waals surface area contributed by atoms with Crippen LogP contribution in [0.5, 0.6) is 0 Å². The molecule has 6 heteroatoms. The van der Waals surface area contributed by atoms with Crippen LogP contribution in [0.2, 0.25) is 0 Å². The zero-order valence-electron chi connectivity index (χ0n) is 12.7. The van der Waals surface area contributed by atoms with Gasteiger partial charge in [-0.05, 0) is 46.8 Å². The van der Waals surface area contributed by atoms with Crippen LogP contribution in [0.1, 0.15) is 38.4 Å². The van der Waals surface area contributed by atoms with E-state index in [9.17, 15) is 0 Å². The van der Waals surface area contributed by atoms with Gasteiger partial charge in [0.15, 0.2) is 0 Å². The molecule has 0 bridgehead atoms. The van der Waals surface area contributed by atoms with Crippen molar-refractivity contribution in [2.75, 3.05) is 26.2 Å². The largest absolute Gasteiger partial charge is 0.314 e. The molecule has 1 fully saturated rings. The predicted octanol–water partition coefficient (Wildman–Crippen LogP) is 4.07. The normalized spacial score (nSPS) is 17.0. The Balaban J connectivity index is 0.00000200. The molecule has 0 aromatic carbocycles. The van der Waals surface area contributed by atoms with Crippen molar-refractivity contribution in [3.05, 3.63) is 28.5 Å². The third kappa shape index (κ3) is 6.83. The highest BCUT2D eigenvalue weighted by molar-refractivity contribution is 9.10. The van der Waals surface area contributed by atoms with Crippen LogP contribution in [0.25, 0.3) is 0 Å². The monoisotopic (exact) mass is 397 g/mol. The van der Waals surface area contributed by atoms with E-state index >= 15 is 0 Å². The van der Waals surface area contributed by atoms with Crippen molar-refractivity contribution < 1.29 is 0 Å². The standard InChI is InChI=1S/C15H24BrN3.2ClH/c1-12(2)6-7-14(19-10-8-17-9-11-19)13-4-3-5-15(16)18-13;;/h3-5,12,14,17H,6-11H2,1-2H3;2*1H/t14-;;/m0../s1. The lowest BCUT2D eigenvalue weighted by atomic mass is 9.99. The molecular weight excluding hydrogens is 373 g/mol. The molecule has 21 heavy (non-hydrogen) atoms. The molecule has 3 nitrogen and oxygen atoms in total. The second kappa shape index (κ2) is 10.8. The summed E-state index contributed by atoms with van der Waals surface area (Å²) in [4.78, 5) is 7.26. The Labute approximate surface area is 149 Å². The Morgan fingerprint density at radius 3 is 2.43 bits per heavy atom. The summed E-state index contributed by atoms with van der Waals surface area (Å²) >= 11 is 3.49. The van der Waals surface area contributed by atoms with Crippen LogP contribution in [-0.4, -0.2) is 36.1 Å². The van der Waals surface area contributed by atoms with E-state index in [2.05, 4.69) is 57.1 Å². The van der Waals surface area contributed by atoms with Crippen LogP contribution in [-0.2, 0) is 0 Å². The smallest absolute Gasteiger partial charge is 0.106 e. The van der Waals surface area contributed by atoms with E-state index in [4.69, 9.17) is 0 Å². The van der Waals surface area contributed by atoms with Crippen molar-refractivity contribution in [3.63, 3.8) is 0 Å². The third-order valence-corrected chi connectivity index (χ3v) is 4.13. The zero-order valence-corrected chi connectivity index (χ0v) is 15.9. The van der Waals surface area contributed by atoms with Crippen LogP contribution in [0.15, 0.2) is 22.8 Å². The van der Waals surface area contributed by atoms with Gasteiger partial charge in [-0.2, -0.15) is 0 Å². The molecule has 1 atom stereocenters. The number of rotatable bonds is 5. The van der Waals surface area contributed by atoms with Crippen molar-refractivity contribution in [2.24, 2.45) is 5.92 Å². The Kier molecular flexibility index (Phi) is 10.9. The summed E-state index contributed by atoms with van der Waals surface area (Å²) in [6.45, 7) is 9.01. The molecule has 1 aliphatic heterocycles. The SMILES string of the molecule is CC(C)CC[C@@H](c1cccc(Br)n1)N1CCNCC1.Cl.Cl. The Morgan fingerprint density at radius 1 is 1.19 bits per heavy atom. The summed E-state index contributed by atoms with van der Waals surface area (Å²) in [6.07, 6.45) is 2.45. The fourth-order valence-corrected chi connectivity index (χ4v) is 2.97. The van der Waals surface area contributed by atoms with Gasteiger partial charge < -0.3 is 5.32 Å². The molecule has 2 rings (SSSR count). The minimum atomic E-state index is 0. The summed E-state index contributed by atoms with van der Waals surface area (Å²) in [7, 11) is 0. The molecule has 122 valence electrons. The molecular formula is C15H26BrCl2N3. The first-order valence-electron chi connectivity index (χ1n) is 7.24. The highest BCUT2D eigenvalue weighted by Gasteiger charge is 2.23. The van der Waals surface area contributed by atoms with Gasteiger partial charge in [-0.3, -0.25) is 4.90 Å². The highest BCUT2D eigenvalue weighted by atomic mass is 79.9. The van der Waals surface area contributed by atoms with E-state index in [1.165, 1.54) is 18.5 Å². The van der Waals surface area contributed by atoms with Crippen molar-refractivity contribution in [1.29, 1.82) is 0 Å². The highest BCUT2D eigenvalue weighted by Crippen LogP contribution is 2.27. The van der Waals surface area contributed by atoms with Gasteiger partial charge >= 0.3 is 0 Å². The van der Waals surface area contributed by atoms with Gasteiger partial charge in [-0.15, -0.1) is 24.8 Å². The molecule has 2 heterocycles. The molecule has 1 aliphatic rings. The van der Waals surface area contributed by atoms with E-state index in [-0.39, 0.29) is 24.8 Å². The van der Waals surface area contributed by atoms with Crippen LogP contribution in [0.4, 0.5) is 0 Å². The average Bonchev–Trinajstić information content (AvgIpc) is 2.40. The second-order valence-corrected chi connectivity index (χ2v) is 6.47. The molecule has 0 unspecified atom stereocenters. The van der Waals surface area contributed by atoms with E-state index in [1.54, 1.807) is 0 Å². The molecule has 0 spiro atoms. The van der Waals surface area contributed by atoms with Crippen LogP contribution in [0.3, 0.4) is 0 Å². The van der Waals surface area contributed by atoms with Crippen molar-refractivity contribution in [2.45, 2.75) is 32.7 Å². The van der Waals surface area contributed by atoms with E-state index < -0.39 is 0 Å². The van der Waals surface area contributed by atoms with Gasteiger partial charge in [-0.1, -0.05) is 19.9 Å². The molecule has 0 radical (unpaired) electrons. The summed E-state index contributed by atoms with van der Waals surface area (Å²) in [5.41, 5.74) is 1.21. The first kappa shape index (κ1) is 21.1. The number of aromatic nitrogens is 1. The Hall–Kier alpha value is 0.130. The number of piperazine rings is 1. The first-order valence-corrected chi connectivity index (χ1v) is 8.03. The maximum Gasteiger partial charge on any atom is 0.106 e. The Morgan fingerprint density at radius 2 is 1.86 bits per heavy atom. The van der Waals surface area contributed by atoms with Crippen molar-refractivity contribution in [1.82, 2.24) is 15.2 Å². The maximum atomic E-state index is 4.68. The van der Waals surface area contributed by atoms with Crippen molar-refractivity contribution in [3.8, 4) is 0 Å². The van der Waals surface area contributed by atoms with Gasteiger partial charge in [0.1, 0.15) is 4.60 Å². The fourth-order valence-electron chi connectivity index (χ4n) is 2.61. The minimum absolute atomic E-state index is 0. The lowest BCUT2D eigenvalue weighted by Gasteiger charge is -2.35.